The van der Waals surface area contributed by atoms with Gasteiger partial charge in [0, 0.05) is 13.7 Å². The SMILES string of the molecule is COC(C(C)C(=O)O)[C@@H]1CC2(CC2)CN1C(=O)OC(C)(C)C. The Balaban J connectivity index is 2.18. The number of ether oxygens (including phenoxy) is 2. The van der Waals surface area contributed by atoms with E-state index in [0.717, 1.165) is 19.3 Å². The predicted molar refractivity (Wildman–Crippen MR) is 80.6 cm³/mol. The number of nitrogens with zero attached hydrogens (tertiary/aromatic N) is 1. The molecule has 2 aliphatic rings. The summed E-state index contributed by atoms with van der Waals surface area (Å²) in [5.41, 5.74) is -0.418. The molecule has 1 heterocycles. The summed E-state index contributed by atoms with van der Waals surface area (Å²) in [5, 5.41) is 9.29. The van der Waals surface area contributed by atoms with Gasteiger partial charge in [-0.1, -0.05) is 0 Å². The van der Waals surface area contributed by atoms with Crippen LogP contribution in [0.1, 0.15) is 47.0 Å². The number of rotatable bonds is 4. The monoisotopic (exact) mass is 313 g/mol. The number of carboxylic acid groups (broad SMARTS) is 1. The minimum absolute atomic E-state index is 0.149. The van der Waals surface area contributed by atoms with Crippen LogP contribution in [-0.2, 0) is 14.3 Å². The second-order valence-corrected chi connectivity index (χ2v) is 7.71. The number of methoxy groups -OCH3 is 1. The minimum Gasteiger partial charge on any atom is -0.481 e. The zero-order chi connectivity index (χ0) is 16.7. The number of carbonyl (C=O) groups is 2. The van der Waals surface area contributed by atoms with Crippen LogP contribution in [-0.4, -0.2) is 53.5 Å². The predicted octanol–water partition coefficient (Wildman–Crippen LogP) is 2.51. The van der Waals surface area contributed by atoms with Gasteiger partial charge in [-0.3, -0.25) is 4.79 Å². The fourth-order valence-corrected chi connectivity index (χ4v) is 3.28. The number of aliphatic carboxylic acids is 1. The van der Waals surface area contributed by atoms with Gasteiger partial charge in [-0.15, -0.1) is 0 Å². The molecule has 1 saturated carbocycles. The molecule has 0 aromatic rings. The average Bonchev–Trinajstić information content (AvgIpc) is 3.01. The van der Waals surface area contributed by atoms with E-state index in [9.17, 15) is 14.7 Å². The topological polar surface area (TPSA) is 76.1 Å². The van der Waals surface area contributed by atoms with Crippen LogP contribution in [0.5, 0.6) is 0 Å². The Kier molecular flexibility index (Phi) is 4.44. The lowest BCUT2D eigenvalue weighted by Crippen LogP contribution is -2.49. The first-order valence-corrected chi connectivity index (χ1v) is 7.84. The Labute approximate surface area is 131 Å². The zero-order valence-electron chi connectivity index (χ0n) is 14.1. The first kappa shape index (κ1) is 17.1. The summed E-state index contributed by atoms with van der Waals surface area (Å²) in [7, 11) is 1.51. The van der Waals surface area contributed by atoms with Crippen molar-refractivity contribution in [3.63, 3.8) is 0 Å². The van der Waals surface area contributed by atoms with E-state index in [0.29, 0.717) is 6.54 Å². The molecule has 126 valence electrons. The standard InChI is InChI=1S/C16H27NO5/c1-10(13(18)19)12(21-5)11-8-16(6-7-16)9-17(11)14(20)22-15(2,3)4/h10-12H,6-9H2,1-5H3,(H,18,19)/t10?,11-,12?/m0/s1. The summed E-state index contributed by atoms with van der Waals surface area (Å²) in [6.45, 7) is 7.75. The molecule has 6 nitrogen and oxygen atoms in total. The molecular weight excluding hydrogens is 286 g/mol. The Bertz CT molecular complexity index is 452. The lowest BCUT2D eigenvalue weighted by atomic mass is 9.92. The normalized spacial score (nSPS) is 25.9. The largest absolute Gasteiger partial charge is 0.481 e. The van der Waals surface area contributed by atoms with E-state index in [-0.39, 0.29) is 17.6 Å². The number of hydrogen-bond acceptors (Lipinski definition) is 4. The van der Waals surface area contributed by atoms with E-state index in [1.54, 1.807) is 11.8 Å². The van der Waals surface area contributed by atoms with Crippen molar-refractivity contribution in [3.8, 4) is 0 Å². The molecule has 1 spiro atoms. The minimum atomic E-state index is -0.910. The van der Waals surface area contributed by atoms with Crippen molar-refractivity contribution in [2.75, 3.05) is 13.7 Å². The van der Waals surface area contributed by atoms with Crippen molar-refractivity contribution in [2.45, 2.75) is 64.7 Å². The van der Waals surface area contributed by atoms with Crippen LogP contribution in [0.2, 0.25) is 0 Å². The van der Waals surface area contributed by atoms with Crippen LogP contribution in [0.25, 0.3) is 0 Å². The van der Waals surface area contributed by atoms with Crippen LogP contribution in [0, 0.1) is 11.3 Å². The Morgan fingerprint density at radius 2 is 1.91 bits per heavy atom. The molecule has 0 aromatic carbocycles. The highest BCUT2D eigenvalue weighted by molar-refractivity contribution is 5.72. The molecule has 1 saturated heterocycles. The van der Waals surface area contributed by atoms with Gasteiger partial charge >= 0.3 is 12.1 Å². The molecule has 2 fully saturated rings. The van der Waals surface area contributed by atoms with E-state index in [1.165, 1.54) is 7.11 Å². The van der Waals surface area contributed by atoms with Gasteiger partial charge in [0.05, 0.1) is 18.1 Å². The van der Waals surface area contributed by atoms with Gasteiger partial charge in [0.25, 0.3) is 0 Å². The number of carbonyl (C=O) groups excluding carboxylic acids is 1. The van der Waals surface area contributed by atoms with Crippen molar-refractivity contribution in [1.29, 1.82) is 0 Å². The lowest BCUT2D eigenvalue weighted by Gasteiger charge is -2.34. The lowest BCUT2D eigenvalue weighted by molar-refractivity contribution is -0.147. The Hall–Kier alpha value is -1.30. The Morgan fingerprint density at radius 3 is 2.32 bits per heavy atom. The molecule has 1 aliphatic heterocycles. The van der Waals surface area contributed by atoms with E-state index < -0.39 is 23.6 Å². The van der Waals surface area contributed by atoms with Gasteiger partial charge in [0.1, 0.15) is 5.60 Å². The fourth-order valence-electron chi connectivity index (χ4n) is 3.28. The van der Waals surface area contributed by atoms with Crippen molar-refractivity contribution < 1.29 is 24.2 Å². The van der Waals surface area contributed by atoms with Crippen molar-refractivity contribution in [3.05, 3.63) is 0 Å². The second kappa shape index (κ2) is 5.72. The number of hydrogen-bond donors (Lipinski definition) is 1. The molecule has 1 N–H and O–H groups in total. The van der Waals surface area contributed by atoms with Gasteiger partial charge in [-0.2, -0.15) is 0 Å². The summed E-state index contributed by atoms with van der Waals surface area (Å²) in [6.07, 6.45) is 2.06. The van der Waals surface area contributed by atoms with Gasteiger partial charge in [-0.05, 0) is 52.4 Å². The first-order valence-electron chi connectivity index (χ1n) is 7.84. The van der Waals surface area contributed by atoms with Gasteiger partial charge in [0.15, 0.2) is 0 Å². The molecule has 0 aromatic heterocycles. The summed E-state index contributed by atoms with van der Waals surface area (Å²) >= 11 is 0. The molecule has 6 heteroatoms. The van der Waals surface area contributed by atoms with E-state index in [4.69, 9.17) is 9.47 Å². The highest BCUT2D eigenvalue weighted by atomic mass is 16.6. The summed E-state index contributed by atoms with van der Waals surface area (Å²) in [4.78, 5) is 25.5. The highest BCUT2D eigenvalue weighted by Crippen LogP contribution is 2.56. The van der Waals surface area contributed by atoms with Crippen LogP contribution in [0.15, 0.2) is 0 Å². The maximum absolute atomic E-state index is 12.5. The van der Waals surface area contributed by atoms with E-state index in [2.05, 4.69) is 0 Å². The molecule has 0 bridgehead atoms. The van der Waals surface area contributed by atoms with Crippen molar-refractivity contribution >= 4 is 12.1 Å². The third kappa shape index (κ3) is 3.54. The summed E-state index contributed by atoms with van der Waals surface area (Å²) < 4.78 is 11.0. The third-order valence-electron chi connectivity index (χ3n) is 4.67. The second-order valence-electron chi connectivity index (χ2n) is 7.71. The molecule has 2 unspecified atom stereocenters. The van der Waals surface area contributed by atoms with Crippen molar-refractivity contribution in [1.82, 2.24) is 4.90 Å². The maximum Gasteiger partial charge on any atom is 0.410 e. The smallest absolute Gasteiger partial charge is 0.410 e. The molecule has 2 rings (SSSR count). The number of likely N-dealkylation sites (tertiary alicyclic amines) is 1. The third-order valence-corrected chi connectivity index (χ3v) is 4.67. The number of carboxylic acids is 1. The first-order chi connectivity index (χ1) is 10.1. The van der Waals surface area contributed by atoms with Gasteiger partial charge in [0.2, 0.25) is 0 Å². The Morgan fingerprint density at radius 1 is 1.32 bits per heavy atom. The molecular formula is C16H27NO5. The molecule has 0 radical (unpaired) electrons. The number of amides is 1. The van der Waals surface area contributed by atoms with Crippen LogP contribution in [0.4, 0.5) is 4.79 Å². The molecule has 1 aliphatic carbocycles. The van der Waals surface area contributed by atoms with Crippen LogP contribution >= 0.6 is 0 Å². The van der Waals surface area contributed by atoms with Crippen molar-refractivity contribution in [2.24, 2.45) is 11.3 Å². The summed E-state index contributed by atoms with van der Waals surface area (Å²) in [5.74, 6) is -1.58. The highest BCUT2D eigenvalue weighted by Gasteiger charge is 2.56. The van der Waals surface area contributed by atoms with Crippen LogP contribution < -0.4 is 0 Å². The quantitative estimate of drug-likeness (QED) is 0.863. The maximum atomic E-state index is 12.5. The van der Waals surface area contributed by atoms with E-state index >= 15 is 0 Å². The molecule has 3 atom stereocenters. The summed E-state index contributed by atoms with van der Waals surface area (Å²) in [6, 6.07) is -0.242. The molecule has 1 amide bonds. The van der Waals surface area contributed by atoms with E-state index in [1.807, 2.05) is 20.8 Å². The van der Waals surface area contributed by atoms with Gasteiger partial charge in [-0.25, -0.2) is 4.79 Å². The average molecular weight is 313 g/mol. The van der Waals surface area contributed by atoms with Gasteiger partial charge < -0.3 is 19.5 Å². The fraction of sp³-hybridized carbons (Fsp3) is 0.875. The zero-order valence-corrected chi connectivity index (χ0v) is 14.1. The molecule has 22 heavy (non-hydrogen) atoms. The van der Waals surface area contributed by atoms with Crippen LogP contribution in [0.3, 0.4) is 0 Å².